The molecule has 1 aliphatic rings. The first-order chi connectivity index (χ1) is 10.5. The van der Waals surface area contributed by atoms with Gasteiger partial charge >= 0.3 is 0 Å². The topological polar surface area (TPSA) is 54.5 Å². The summed E-state index contributed by atoms with van der Waals surface area (Å²) in [5.74, 6) is -0.414. The van der Waals surface area contributed by atoms with Gasteiger partial charge in [0, 0.05) is 18.9 Å². The Morgan fingerprint density at radius 2 is 1.64 bits per heavy atom. The summed E-state index contributed by atoms with van der Waals surface area (Å²) in [5, 5.41) is 0. The zero-order valence-electron chi connectivity index (χ0n) is 12.3. The van der Waals surface area contributed by atoms with E-state index in [1.54, 1.807) is 24.3 Å². The highest BCUT2D eigenvalue weighted by Crippen LogP contribution is 2.31. The maximum absolute atomic E-state index is 12.6. The first-order valence-electron chi connectivity index (χ1n) is 7.15. The van der Waals surface area contributed by atoms with E-state index in [1.165, 1.54) is 0 Å². The largest absolute Gasteiger partial charge is 0.274 e. The molecule has 1 atom stereocenters. The van der Waals surface area contributed by atoms with Crippen LogP contribution in [0.2, 0.25) is 0 Å². The predicted octanol–water partition coefficient (Wildman–Crippen LogP) is 2.70. The van der Waals surface area contributed by atoms with E-state index in [2.05, 4.69) is 0 Å². The van der Waals surface area contributed by atoms with Gasteiger partial charge in [0.1, 0.15) is 0 Å². The second kappa shape index (κ2) is 5.57. The Hall–Kier alpha value is -2.14. The smallest absolute Gasteiger partial charge is 0.266 e. The van der Waals surface area contributed by atoms with Crippen LogP contribution < -0.4 is 0 Å². The van der Waals surface area contributed by atoms with Crippen molar-refractivity contribution in [1.82, 2.24) is 4.31 Å². The SMILES string of the molecule is Cc1ccc(S(=O)(=O)N2C[C@H](c3ccccc3)CC2=O)cc1. The summed E-state index contributed by atoms with van der Waals surface area (Å²) in [5.41, 5.74) is 1.98. The van der Waals surface area contributed by atoms with Crippen molar-refractivity contribution in [2.75, 3.05) is 6.54 Å². The van der Waals surface area contributed by atoms with Gasteiger partial charge in [-0.25, -0.2) is 12.7 Å². The third kappa shape index (κ3) is 2.64. The van der Waals surface area contributed by atoms with Gasteiger partial charge in [-0.2, -0.15) is 0 Å². The maximum Gasteiger partial charge on any atom is 0.266 e. The van der Waals surface area contributed by atoms with Crippen LogP contribution in [0.4, 0.5) is 0 Å². The third-order valence-electron chi connectivity index (χ3n) is 3.97. The molecule has 1 heterocycles. The van der Waals surface area contributed by atoms with Gasteiger partial charge in [0.15, 0.2) is 0 Å². The Kier molecular flexibility index (Phi) is 3.74. The molecule has 0 radical (unpaired) electrons. The molecule has 5 heteroatoms. The minimum absolute atomic E-state index is 0.0751. The predicted molar refractivity (Wildman–Crippen MR) is 83.9 cm³/mol. The van der Waals surface area contributed by atoms with Crippen molar-refractivity contribution in [3.05, 3.63) is 65.7 Å². The summed E-state index contributed by atoms with van der Waals surface area (Å²) in [6.45, 7) is 2.10. The lowest BCUT2D eigenvalue weighted by Crippen LogP contribution is -2.32. The van der Waals surface area contributed by atoms with Crippen LogP contribution in [0.5, 0.6) is 0 Å². The Morgan fingerprint density at radius 3 is 2.27 bits per heavy atom. The molecule has 0 aromatic heterocycles. The molecule has 0 N–H and O–H groups in total. The van der Waals surface area contributed by atoms with E-state index >= 15 is 0 Å². The van der Waals surface area contributed by atoms with Crippen molar-refractivity contribution >= 4 is 15.9 Å². The van der Waals surface area contributed by atoms with Gasteiger partial charge in [0.05, 0.1) is 4.90 Å². The number of sulfonamides is 1. The molecule has 2 aromatic rings. The van der Waals surface area contributed by atoms with Crippen LogP contribution in [-0.4, -0.2) is 25.2 Å². The summed E-state index contributed by atoms with van der Waals surface area (Å²) in [6.07, 6.45) is 0.231. The molecule has 114 valence electrons. The fraction of sp³-hybridized carbons (Fsp3) is 0.235. The lowest BCUT2D eigenvalue weighted by molar-refractivity contribution is -0.123. The van der Waals surface area contributed by atoms with Gasteiger partial charge < -0.3 is 0 Å². The average Bonchev–Trinajstić information content (AvgIpc) is 2.91. The van der Waals surface area contributed by atoms with E-state index in [1.807, 2.05) is 37.3 Å². The highest BCUT2D eigenvalue weighted by atomic mass is 32.2. The number of rotatable bonds is 3. The molecule has 0 unspecified atom stereocenters. The Balaban J connectivity index is 1.89. The molecular formula is C17H17NO3S. The van der Waals surface area contributed by atoms with Crippen molar-refractivity contribution in [1.29, 1.82) is 0 Å². The average molecular weight is 315 g/mol. The molecule has 2 aromatic carbocycles. The molecule has 0 spiro atoms. The molecule has 1 saturated heterocycles. The van der Waals surface area contributed by atoms with Crippen LogP contribution in [0.15, 0.2) is 59.5 Å². The van der Waals surface area contributed by atoms with Crippen molar-refractivity contribution in [2.45, 2.75) is 24.2 Å². The number of amides is 1. The standard InChI is InChI=1S/C17H17NO3S/c1-13-7-9-16(10-8-13)22(20,21)18-12-15(11-17(18)19)14-5-3-2-4-6-14/h2-10,15H,11-12H2,1H3/t15-/m1/s1. The highest BCUT2D eigenvalue weighted by molar-refractivity contribution is 7.89. The number of hydrogen-bond donors (Lipinski definition) is 0. The van der Waals surface area contributed by atoms with E-state index in [0.717, 1.165) is 15.4 Å². The third-order valence-corrected chi connectivity index (χ3v) is 5.77. The molecular weight excluding hydrogens is 298 g/mol. The molecule has 1 amide bonds. The van der Waals surface area contributed by atoms with Crippen molar-refractivity contribution in [3.8, 4) is 0 Å². The van der Waals surface area contributed by atoms with Gasteiger partial charge in [-0.1, -0.05) is 48.0 Å². The normalized spacial score (nSPS) is 18.7. The van der Waals surface area contributed by atoms with E-state index in [0.29, 0.717) is 0 Å². The van der Waals surface area contributed by atoms with Gasteiger partial charge in [0.25, 0.3) is 10.0 Å². The van der Waals surface area contributed by atoms with Gasteiger partial charge in [-0.15, -0.1) is 0 Å². The van der Waals surface area contributed by atoms with Crippen LogP contribution in [0, 0.1) is 6.92 Å². The molecule has 22 heavy (non-hydrogen) atoms. The molecule has 0 saturated carbocycles. The first kappa shape index (κ1) is 14.8. The van der Waals surface area contributed by atoms with Crippen LogP contribution in [0.25, 0.3) is 0 Å². The maximum atomic E-state index is 12.6. The summed E-state index contributed by atoms with van der Waals surface area (Å²) in [4.78, 5) is 12.4. The number of carbonyl (C=O) groups excluding carboxylic acids is 1. The van der Waals surface area contributed by atoms with Gasteiger partial charge in [0.2, 0.25) is 5.91 Å². The molecule has 1 fully saturated rings. The lowest BCUT2D eigenvalue weighted by Gasteiger charge is -2.17. The second-order valence-electron chi connectivity index (χ2n) is 5.55. The summed E-state index contributed by atoms with van der Waals surface area (Å²) in [7, 11) is -3.76. The number of nitrogens with zero attached hydrogens (tertiary/aromatic N) is 1. The summed E-state index contributed by atoms with van der Waals surface area (Å²) < 4.78 is 26.3. The monoisotopic (exact) mass is 315 g/mol. The zero-order chi connectivity index (χ0) is 15.7. The Labute approximate surface area is 130 Å². The molecule has 1 aliphatic heterocycles. The number of aryl methyl sites for hydroxylation is 1. The second-order valence-corrected chi connectivity index (χ2v) is 7.42. The van der Waals surface area contributed by atoms with Crippen molar-refractivity contribution in [3.63, 3.8) is 0 Å². The fourth-order valence-corrected chi connectivity index (χ4v) is 4.15. The van der Waals surface area contributed by atoms with E-state index in [4.69, 9.17) is 0 Å². The number of hydrogen-bond acceptors (Lipinski definition) is 3. The van der Waals surface area contributed by atoms with Gasteiger partial charge in [-0.05, 0) is 24.6 Å². The number of benzene rings is 2. The van der Waals surface area contributed by atoms with E-state index in [-0.39, 0.29) is 29.7 Å². The van der Waals surface area contributed by atoms with Crippen LogP contribution in [0.1, 0.15) is 23.5 Å². The van der Waals surface area contributed by atoms with Gasteiger partial charge in [-0.3, -0.25) is 4.79 Å². The van der Waals surface area contributed by atoms with Crippen molar-refractivity contribution < 1.29 is 13.2 Å². The summed E-state index contributed by atoms with van der Waals surface area (Å²) in [6, 6.07) is 16.1. The van der Waals surface area contributed by atoms with Crippen LogP contribution in [0.3, 0.4) is 0 Å². The Bertz CT molecular complexity index is 782. The summed E-state index contributed by atoms with van der Waals surface area (Å²) >= 11 is 0. The lowest BCUT2D eigenvalue weighted by atomic mass is 9.99. The Morgan fingerprint density at radius 1 is 1.00 bits per heavy atom. The minimum Gasteiger partial charge on any atom is -0.274 e. The van der Waals surface area contributed by atoms with E-state index in [9.17, 15) is 13.2 Å². The molecule has 0 aliphatic carbocycles. The van der Waals surface area contributed by atoms with E-state index < -0.39 is 10.0 Å². The minimum atomic E-state index is -3.76. The molecule has 4 nitrogen and oxygen atoms in total. The number of carbonyl (C=O) groups is 1. The van der Waals surface area contributed by atoms with Crippen LogP contribution >= 0.6 is 0 Å². The van der Waals surface area contributed by atoms with Crippen molar-refractivity contribution in [2.24, 2.45) is 0 Å². The molecule has 0 bridgehead atoms. The fourth-order valence-electron chi connectivity index (χ4n) is 2.70. The zero-order valence-corrected chi connectivity index (χ0v) is 13.1. The van der Waals surface area contributed by atoms with Crippen LogP contribution in [-0.2, 0) is 14.8 Å². The highest BCUT2D eigenvalue weighted by Gasteiger charge is 2.38. The quantitative estimate of drug-likeness (QED) is 0.875. The molecule has 3 rings (SSSR count). The first-order valence-corrected chi connectivity index (χ1v) is 8.59.